The van der Waals surface area contributed by atoms with Crippen LogP contribution in [-0.4, -0.2) is 26.5 Å². The van der Waals surface area contributed by atoms with Crippen LogP contribution in [0.3, 0.4) is 0 Å². The monoisotopic (exact) mass is 516 g/mol. The molecule has 3 aromatic rings. The van der Waals surface area contributed by atoms with Gasteiger partial charge in [0, 0.05) is 33.7 Å². The summed E-state index contributed by atoms with van der Waals surface area (Å²) in [6, 6.07) is 6.64. The molecule has 0 bridgehead atoms. The van der Waals surface area contributed by atoms with Crippen LogP contribution in [0.25, 0.3) is 31.3 Å². The summed E-state index contributed by atoms with van der Waals surface area (Å²) < 4.78 is 4.65. The van der Waals surface area contributed by atoms with Crippen molar-refractivity contribution in [2.45, 2.75) is 47.5 Å². The normalized spacial score (nSPS) is 8.06. The smallest absolute Gasteiger partial charge is 0.227 e. The molecule has 0 aliphatic heterocycles. The van der Waals surface area contributed by atoms with E-state index in [0.717, 1.165) is 0 Å². The highest BCUT2D eigenvalue weighted by molar-refractivity contribution is 6.28. The number of rotatable bonds is 5. The molecule has 16 heteroatoms. The van der Waals surface area contributed by atoms with Gasteiger partial charge in [0.05, 0.1) is 12.0 Å². The number of halogens is 1. The van der Waals surface area contributed by atoms with Gasteiger partial charge in [0.2, 0.25) is 17.2 Å². The molecule has 0 fully saturated rings. The molecule has 0 radical (unpaired) electrons. The number of nitrogens with zero attached hydrogens (tertiary/aromatic N) is 13. The highest BCUT2D eigenvalue weighted by atomic mass is 35.5. The molecule has 36 heavy (non-hydrogen) atoms. The van der Waals surface area contributed by atoms with Gasteiger partial charge >= 0.3 is 0 Å². The summed E-state index contributed by atoms with van der Waals surface area (Å²) in [4.78, 5) is 22.5. The number of hydrogen-bond acceptors (Lipinski definition) is 9. The Kier molecular flexibility index (Phi) is 23.4. The summed E-state index contributed by atoms with van der Waals surface area (Å²) in [5.41, 5.74) is 24.5. The van der Waals surface area contributed by atoms with Crippen molar-refractivity contribution in [1.29, 1.82) is 0 Å². The predicted octanol–water partition coefficient (Wildman–Crippen LogP) is 8.98. The van der Waals surface area contributed by atoms with Crippen molar-refractivity contribution < 1.29 is 4.42 Å². The van der Waals surface area contributed by atoms with Crippen LogP contribution in [0, 0.1) is 0 Å². The molecule has 0 saturated heterocycles. The Hall–Kier alpha value is -4.54. The molecule has 0 amide bonds. The largest absolute Gasteiger partial charge is 0.463 e. The average molecular weight is 517 g/mol. The highest BCUT2D eigenvalue weighted by Crippen LogP contribution is 2.11. The van der Waals surface area contributed by atoms with Gasteiger partial charge in [-0.25, -0.2) is 0 Å². The van der Waals surface area contributed by atoms with Gasteiger partial charge in [0.25, 0.3) is 0 Å². The summed E-state index contributed by atoms with van der Waals surface area (Å²) in [5, 5.41) is 12.5. The first kappa shape index (κ1) is 33.6. The molecule has 0 atom stereocenters. The fourth-order valence-electron chi connectivity index (χ4n) is 1.50. The number of pyridine rings is 1. The number of furan rings is 1. The van der Waals surface area contributed by atoms with Crippen molar-refractivity contribution in [2.24, 2.45) is 15.3 Å². The Bertz CT molecular complexity index is 1070. The first-order chi connectivity index (χ1) is 17.4. The maximum absolute atomic E-state index is 8.13. The van der Waals surface area contributed by atoms with Crippen molar-refractivity contribution in [3.8, 4) is 0 Å². The summed E-state index contributed by atoms with van der Waals surface area (Å²) in [7, 11) is 0. The predicted molar refractivity (Wildman–Crippen MR) is 140 cm³/mol. The zero-order chi connectivity index (χ0) is 27.4. The third-order valence-electron chi connectivity index (χ3n) is 2.52. The topological polar surface area (TPSA) is 223 Å². The van der Waals surface area contributed by atoms with Gasteiger partial charge in [-0.05, 0) is 69.6 Å². The Morgan fingerprint density at radius 3 is 2.00 bits per heavy atom. The molecular weight excluding hydrogens is 488 g/mol. The molecule has 3 heterocycles. The van der Waals surface area contributed by atoms with E-state index in [1.54, 1.807) is 30.5 Å². The lowest BCUT2D eigenvalue weighted by atomic mass is 10.4. The van der Waals surface area contributed by atoms with E-state index in [-0.39, 0.29) is 11.2 Å². The lowest BCUT2D eigenvalue weighted by Crippen LogP contribution is -2.02. The van der Waals surface area contributed by atoms with Crippen molar-refractivity contribution in [3.63, 3.8) is 0 Å². The van der Waals surface area contributed by atoms with E-state index in [0.29, 0.717) is 24.1 Å². The molecule has 0 aliphatic rings. The van der Waals surface area contributed by atoms with Gasteiger partial charge in [-0.1, -0.05) is 45.7 Å². The molecule has 0 aliphatic carbocycles. The molecule has 192 valence electrons. The van der Waals surface area contributed by atoms with Crippen LogP contribution in [0.5, 0.6) is 0 Å². The molecule has 0 spiro atoms. The zero-order valence-electron chi connectivity index (χ0n) is 20.8. The van der Waals surface area contributed by atoms with E-state index in [2.05, 4.69) is 87.4 Å². The second-order valence-corrected chi connectivity index (χ2v) is 6.24. The van der Waals surface area contributed by atoms with Crippen LogP contribution in [0.15, 0.2) is 62.7 Å². The lowest BCUT2D eigenvalue weighted by molar-refractivity contribution is 0.576. The van der Waals surface area contributed by atoms with Crippen molar-refractivity contribution in [2.75, 3.05) is 11.9 Å². The van der Waals surface area contributed by atoms with E-state index in [9.17, 15) is 0 Å². The van der Waals surface area contributed by atoms with Crippen LogP contribution in [-0.2, 0) is 0 Å². The second-order valence-electron chi connectivity index (χ2n) is 5.90. The van der Waals surface area contributed by atoms with Crippen molar-refractivity contribution in [3.05, 3.63) is 79.5 Å². The maximum Gasteiger partial charge on any atom is 0.227 e. The minimum atomic E-state index is -0.0431. The third-order valence-corrected chi connectivity index (χ3v) is 2.69. The Balaban J connectivity index is 0. The zero-order valence-corrected chi connectivity index (χ0v) is 21.5. The standard InChI is InChI=1S/C5H6ClN7.C5H4N4.C4H3N3O.2C3H8/c1-2-8-4-9-3(6)10-5(11-4)12-13-7;6-9-8-5-2-1-3-7-4-5;5-7-6-4-2-1-3-8-4;2*1-3-2/h2H2,1H3,(H,8,9,10,11);1-4H;1-3H;2*3H2,1-2H3. The first-order valence-electron chi connectivity index (χ1n) is 10.7. The maximum atomic E-state index is 8.13. The van der Waals surface area contributed by atoms with Crippen molar-refractivity contribution in [1.82, 2.24) is 19.9 Å². The molecule has 0 aromatic carbocycles. The summed E-state index contributed by atoms with van der Waals surface area (Å²) in [5.74, 6) is 0.552. The highest BCUT2D eigenvalue weighted by Gasteiger charge is 2.01. The fraction of sp³-hybridized carbons (Fsp3) is 0.400. The van der Waals surface area contributed by atoms with Crippen LogP contribution in [0.4, 0.5) is 23.5 Å². The fourth-order valence-corrected chi connectivity index (χ4v) is 1.65. The minimum Gasteiger partial charge on any atom is -0.463 e. The number of azide groups is 3. The first-order valence-corrected chi connectivity index (χ1v) is 11.1. The van der Waals surface area contributed by atoms with E-state index in [1.165, 1.54) is 25.3 Å². The van der Waals surface area contributed by atoms with Crippen LogP contribution < -0.4 is 5.32 Å². The van der Waals surface area contributed by atoms with E-state index in [4.69, 9.17) is 28.2 Å². The molecule has 15 nitrogen and oxygen atoms in total. The number of anilines is 1. The summed E-state index contributed by atoms with van der Waals surface area (Å²) in [6.45, 7) is 11.0. The number of nitrogens with one attached hydrogen (secondary N) is 1. The van der Waals surface area contributed by atoms with Gasteiger partial charge < -0.3 is 9.73 Å². The summed E-state index contributed by atoms with van der Waals surface area (Å²) >= 11 is 5.54. The van der Waals surface area contributed by atoms with Gasteiger partial charge in [-0.15, -0.1) is 0 Å². The quantitative estimate of drug-likeness (QED) is 0.197. The van der Waals surface area contributed by atoms with Crippen LogP contribution in [0.2, 0.25) is 5.28 Å². The van der Waals surface area contributed by atoms with E-state index < -0.39 is 0 Å². The van der Waals surface area contributed by atoms with E-state index in [1.807, 2.05) is 6.92 Å². The number of hydrogen-bond donors (Lipinski definition) is 1. The molecule has 0 saturated carbocycles. The Morgan fingerprint density at radius 1 is 0.889 bits per heavy atom. The number of aromatic nitrogens is 4. The lowest BCUT2D eigenvalue weighted by Gasteiger charge is -2.00. The van der Waals surface area contributed by atoms with Gasteiger partial charge in [0.1, 0.15) is 0 Å². The van der Waals surface area contributed by atoms with Crippen LogP contribution >= 0.6 is 11.6 Å². The molecule has 3 aromatic heterocycles. The van der Waals surface area contributed by atoms with Gasteiger partial charge in [0.15, 0.2) is 5.88 Å². The molecule has 3 rings (SSSR count). The van der Waals surface area contributed by atoms with Crippen LogP contribution in [0.1, 0.15) is 47.5 Å². The third kappa shape index (κ3) is 20.1. The second kappa shape index (κ2) is 25.1. The average Bonchev–Trinajstić information content (AvgIpc) is 3.36. The minimum absolute atomic E-state index is 0.00616. The Morgan fingerprint density at radius 2 is 1.53 bits per heavy atom. The molecule has 0 unspecified atom stereocenters. The molecular formula is C20H29ClN14O. The molecule has 1 N–H and O–H groups in total. The Labute approximate surface area is 213 Å². The SMILES string of the molecule is CCC.CCC.CCNc1nc(Cl)nc(N=[N+]=[N-])n1.[N-]=[N+]=Nc1cccnc1.[N-]=[N+]=Nc1ccco1. The summed E-state index contributed by atoms with van der Waals surface area (Å²) in [6.07, 6.45) is 7.07. The van der Waals surface area contributed by atoms with Gasteiger partial charge in [-0.2, -0.15) is 15.0 Å². The van der Waals surface area contributed by atoms with E-state index >= 15 is 0 Å². The van der Waals surface area contributed by atoms with Gasteiger partial charge in [-0.3, -0.25) is 4.98 Å². The van der Waals surface area contributed by atoms with Crippen molar-refractivity contribution >= 4 is 35.1 Å².